The minimum Gasteiger partial charge on any atom is -0.507 e. The fourth-order valence-corrected chi connectivity index (χ4v) is 2.60. The molecule has 0 aliphatic heterocycles. The average molecular weight is 331 g/mol. The zero-order valence-electron chi connectivity index (χ0n) is 12.3. The fourth-order valence-electron chi connectivity index (χ4n) is 2.60. The predicted molar refractivity (Wildman–Crippen MR) is 84.9 cm³/mol. The molecule has 0 aromatic heterocycles. The Morgan fingerprint density at radius 2 is 1.71 bits per heavy atom. The van der Waals surface area contributed by atoms with Crippen LogP contribution in [0.2, 0.25) is 0 Å². The van der Waals surface area contributed by atoms with Crippen LogP contribution in [-0.2, 0) is 6.18 Å². The third kappa shape index (κ3) is 2.67. The molecule has 0 saturated heterocycles. The first-order chi connectivity index (χ1) is 11.3. The van der Waals surface area contributed by atoms with Crippen molar-refractivity contribution in [2.24, 2.45) is 0 Å². The second-order valence-corrected chi connectivity index (χ2v) is 5.31. The first-order valence-electron chi connectivity index (χ1n) is 7.01. The smallest absolute Gasteiger partial charge is 0.416 e. The lowest BCUT2D eigenvalue weighted by molar-refractivity contribution is -0.137. The van der Waals surface area contributed by atoms with Gasteiger partial charge >= 0.3 is 6.18 Å². The molecule has 3 aromatic carbocycles. The van der Waals surface area contributed by atoms with Gasteiger partial charge in [-0.15, -0.1) is 0 Å². The van der Waals surface area contributed by atoms with Gasteiger partial charge in [-0.25, -0.2) is 0 Å². The number of fused-ring (bicyclic) bond motifs is 1. The van der Waals surface area contributed by atoms with Gasteiger partial charge in [0.25, 0.3) is 0 Å². The van der Waals surface area contributed by atoms with Crippen LogP contribution in [0.3, 0.4) is 0 Å². The maximum absolute atomic E-state index is 12.9. The summed E-state index contributed by atoms with van der Waals surface area (Å²) in [5.74, 6) is -0.833. The van der Waals surface area contributed by atoms with Gasteiger partial charge in [-0.2, -0.15) is 13.2 Å². The topological polar surface area (TPSA) is 63.3 Å². The molecule has 0 unspecified atom stereocenters. The Bertz CT molecular complexity index is 949. The van der Waals surface area contributed by atoms with Gasteiger partial charge < -0.3 is 10.8 Å². The van der Waals surface area contributed by atoms with Crippen molar-refractivity contribution in [1.82, 2.24) is 0 Å². The summed E-state index contributed by atoms with van der Waals surface area (Å²) >= 11 is 0. The Balaban J connectivity index is 2.22. The van der Waals surface area contributed by atoms with Crippen LogP contribution in [0.25, 0.3) is 10.8 Å². The highest BCUT2D eigenvalue weighted by molar-refractivity contribution is 6.20. The number of aromatic hydroxyl groups is 1. The summed E-state index contributed by atoms with van der Waals surface area (Å²) < 4.78 is 38.6. The summed E-state index contributed by atoms with van der Waals surface area (Å²) in [5, 5.41) is 10.9. The van der Waals surface area contributed by atoms with E-state index in [0.29, 0.717) is 5.39 Å². The van der Waals surface area contributed by atoms with Crippen LogP contribution in [0.15, 0.2) is 54.6 Å². The lowest BCUT2D eigenvalue weighted by Gasteiger charge is -2.12. The predicted octanol–water partition coefficient (Wildman–Crippen LogP) is 4.38. The van der Waals surface area contributed by atoms with Crippen molar-refractivity contribution in [3.8, 4) is 5.75 Å². The van der Waals surface area contributed by atoms with Gasteiger partial charge in [0.2, 0.25) is 0 Å². The average Bonchev–Trinajstić information content (AvgIpc) is 2.54. The fraction of sp³-hybridized carbons (Fsp3) is 0.0556. The molecule has 0 spiro atoms. The van der Waals surface area contributed by atoms with Crippen LogP contribution < -0.4 is 5.73 Å². The molecule has 6 heteroatoms. The minimum atomic E-state index is -4.55. The van der Waals surface area contributed by atoms with Crippen molar-refractivity contribution in [1.29, 1.82) is 0 Å². The summed E-state index contributed by atoms with van der Waals surface area (Å²) in [6.07, 6.45) is -4.55. The number of alkyl halides is 3. The summed E-state index contributed by atoms with van der Waals surface area (Å²) in [7, 11) is 0. The molecule has 0 aliphatic carbocycles. The number of phenolic OH excluding ortho intramolecular Hbond substituents is 1. The third-order valence-electron chi connectivity index (χ3n) is 3.73. The van der Waals surface area contributed by atoms with Crippen molar-refractivity contribution in [3.63, 3.8) is 0 Å². The standard InChI is InChI=1S/C18H12F3NO2/c19-18(20,21)12-5-1-4-11(9-12)17(24)16-13(22)8-7-10-3-2-6-14(23)15(10)16/h1-9,23H,22H2. The molecule has 122 valence electrons. The molecule has 0 radical (unpaired) electrons. The maximum Gasteiger partial charge on any atom is 0.416 e. The van der Waals surface area contributed by atoms with Gasteiger partial charge in [0.05, 0.1) is 11.1 Å². The summed E-state index contributed by atoms with van der Waals surface area (Å²) in [4.78, 5) is 12.8. The lowest BCUT2D eigenvalue weighted by atomic mass is 9.94. The maximum atomic E-state index is 12.9. The molecule has 3 nitrogen and oxygen atoms in total. The second-order valence-electron chi connectivity index (χ2n) is 5.31. The monoisotopic (exact) mass is 331 g/mol. The van der Waals surface area contributed by atoms with Gasteiger partial charge in [0.1, 0.15) is 5.75 Å². The number of phenols is 1. The highest BCUT2D eigenvalue weighted by Crippen LogP contribution is 2.34. The Hall–Kier alpha value is -3.02. The van der Waals surface area contributed by atoms with E-state index in [1.807, 2.05) is 0 Å². The van der Waals surface area contributed by atoms with E-state index in [2.05, 4.69) is 0 Å². The van der Waals surface area contributed by atoms with E-state index >= 15 is 0 Å². The molecular formula is C18H12F3NO2. The zero-order valence-corrected chi connectivity index (χ0v) is 12.3. The van der Waals surface area contributed by atoms with Crippen molar-refractivity contribution < 1.29 is 23.1 Å². The summed E-state index contributed by atoms with van der Waals surface area (Å²) in [6.45, 7) is 0. The number of ketones is 1. The molecule has 0 heterocycles. The number of hydrogen-bond acceptors (Lipinski definition) is 3. The van der Waals surface area contributed by atoms with Crippen LogP contribution in [0.4, 0.5) is 18.9 Å². The molecule has 3 aromatic rings. The Morgan fingerprint density at radius 3 is 2.42 bits per heavy atom. The first-order valence-corrected chi connectivity index (χ1v) is 7.01. The number of rotatable bonds is 2. The van der Waals surface area contributed by atoms with Crippen molar-refractivity contribution in [2.45, 2.75) is 6.18 Å². The molecule has 0 bridgehead atoms. The van der Waals surface area contributed by atoms with Gasteiger partial charge in [-0.3, -0.25) is 4.79 Å². The molecule has 0 atom stereocenters. The van der Waals surface area contributed by atoms with Gasteiger partial charge in [0, 0.05) is 16.6 Å². The number of halogens is 3. The molecule has 3 N–H and O–H groups in total. The SMILES string of the molecule is Nc1ccc2cccc(O)c2c1C(=O)c1cccc(C(F)(F)F)c1. The Morgan fingerprint density at radius 1 is 1.00 bits per heavy atom. The second kappa shape index (κ2) is 5.56. The molecule has 24 heavy (non-hydrogen) atoms. The van der Waals surface area contributed by atoms with E-state index in [1.54, 1.807) is 18.2 Å². The van der Waals surface area contributed by atoms with Crippen LogP contribution in [-0.4, -0.2) is 10.9 Å². The lowest BCUT2D eigenvalue weighted by Crippen LogP contribution is -2.10. The first kappa shape index (κ1) is 15.9. The number of carbonyl (C=O) groups is 1. The molecule has 0 fully saturated rings. The van der Waals surface area contributed by atoms with E-state index in [4.69, 9.17) is 5.73 Å². The van der Waals surface area contributed by atoms with Gasteiger partial charge in [-0.05, 0) is 29.7 Å². The molecule has 0 saturated carbocycles. The van der Waals surface area contributed by atoms with Crippen LogP contribution in [0, 0.1) is 0 Å². The third-order valence-corrected chi connectivity index (χ3v) is 3.73. The quantitative estimate of drug-likeness (QED) is 0.541. The Kier molecular flexibility index (Phi) is 3.67. The van der Waals surface area contributed by atoms with Crippen molar-refractivity contribution in [3.05, 3.63) is 71.3 Å². The van der Waals surface area contributed by atoms with Gasteiger partial charge in [-0.1, -0.05) is 30.3 Å². The molecule has 3 rings (SSSR count). The highest BCUT2D eigenvalue weighted by Gasteiger charge is 2.31. The number of nitrogen functional groups attached to an aromatic ring is 1. The number of anilines is 1. The summed E-state index contributed by atoms with van der Waals surface area (Å²) in [5.41, 5.74) is 4.88. The largest absolute Gasteiger partial charge is 0.507 e. The zero-order chi connectivity index (χ0) is 17.5. The number of hydrogen-bond donors (Lipinski definition) is 2. The van der Waals surface area contributed by atoms with E-state index in [9.17, 15) is 23.1 Å². The van der Waals surface area contributed by atoms with Gasteiger partial charge in [0.15, 0.2) is 5.78 Å². The highest BCUT2D eigenvalue weighted by atomic mass is 19.4. The normalized spacial score (nSPS) is 11.6. The van der Waals surface area contributed by atoms with E-state index in [-0.39, 0.29) is 28.0 Å². The van der Waals surface area contributed by atoms with Crippen LogP contribution in [0.1, 0.15) is 21.5 Å². The summed E-state index contributed by atoms with van der Waals surface area (Å²) in [6, 6.07) is 11.9. The van der Waals surface area contributed by atoms with E-state index in [0.717, 1.165) is 18.2 Å². The Labute approximate surface area is 135 Å². The van der Waals surface area contributed by atoms with Crippen molar-refractivity contribution >= 4 is 22.2 Å². The van der Waals surface area contributed by atoms with E-state index < -0.39 is 17.5 Å². The van der Waals surface area contributed by atoms with E-state index in [1.165, 1.54) is 18.2 Å². The molecule has 0 amide bonds. The number of carbonyl (C=O) groups excluding carboxylic acids is 1. The number of benzene rings is 3. The minimum absolute atomic E-state index is 0.00933. The number of nitrogens with two attached hydrogens (primary N) is 1. The van der Waals surface area contributed by atoms with Crippen LogP contribution in [0.5, 0.6) is 5.75 Å². The van der Waals surface area contributed by atoms with Crippen LogP contribution >= 0.6 is 0 Å². The molecular weight excluding hydrogens is 319 g/mol. The van der Waals surface area contributed by atoms with Crippen molar-refractivity contribution in [2.75, 3.05) is 5.73 Å². The molecule has 0 aliphatic rings.